The van der Waals surface area contributed by atoms with E-state index in [4.69, 9.17) is 13.6 Å². The first-order valence-electron chi connectivity index (χ1n) is 9.79. The Morgan fingerprint density at radius 2 is 1.97 bits per heavy atom. The van der Waals surface area contributed by atoms with Crippen molar-refractivity contribution in [3.63, 3.8) is 0 Å². The molecule has 0 spiro atoms. The van der Waals surface area contributed by atoms with Crippen molar-refractivity contribution in [1.29, 1.82) is 0 Å². The van der Waals surface area contributed by atoms with Crippen LogP contribution in [0.1, 0.15) is 18.4 Å². The van der Waals surface area contributed by atoms with Crippen molar-refractivity contribution in [3.8, 4) is 17.1 Å². The summed E-state index contributed by atoms with van der Waals surface area (Å²) >= 11 is 1.31. The Balaban J connectivity index is 1.47. The first-order chi connectivity index (χ1) is 15.1. The predicted molar refractivity (Wildman–Crippen MR) is 117 cm³/mol. The summed E-state index contributed by atoms with van der Waals surface area (Å²) in [7, 11) is 0. The molecule has 0 saturated carbocycles. The first kappa shape index (κ1) is 20.8. The van der Waals surface area contributed by atoms with Crippen LogP contribution in [0.5, 0.6) is 5.75 Å². The van der Waals surface area contributed by atoms with Gasteiger partial charge >= 0.3 is 0 Å². The van der Waals surface area contributed by atoms with Crippen LogP contribution < -0.4 is 10.1 Å². The third-order valence-electron chi connectivity index (χ3n) is 4.49. The zero-order valence-electron chi connectivity index (χ0n) is 17.2. The molecule has 0 radical (unpaired) electrons. The molecule has 1 aromatic carbocycles. The summed E-state index contributed by atoms with van der Waals surface area (Å²) < 4.78 is 18.3. The lowest BCUT2D eigenvalue weighted by atomic mass is 10.2. The second-order valence-electron chi connectivity index (χ2n) is 6.66. The number of aromatic nitrogens is 3. The lowest BCUT2D eigenvalue weighted by molar-refractivity contribution is -0.113. The summed E-state index contributed by atoms with van der Waals surface area (Å²) in [5, 5.41) is 12.1. The van der Waals surface area contributed by atoms with Crippen LogP contribution in [-0.2, 0) is 11.3 Å². The number of nitrogens with zero attached hydrogens (tertiary/aromatic N) is 3. The fraction of sp³-hybridized carbons (Fsp3) is 0.227. The van der Waals surface area contributed by atoms with Gasteiger partial charge in [0.25, 0.3) is 0 Å². The van der Waals surface area contributed by atoms with Crippen LogP contribution in [0.2, 0.25) is 0 Å². The second-order valence-corrected chi connectivity index (χ2v) is 7.60. The fourth-order valence-corrected chi connectivity index (χ4v) is 3.78. The Labute approximate surface area is 183 Å². The molecule has 9 heteroatoms. The second kappa shape index (κ2) is 9.57. The Morgan fingerprint density at radius 1 is 1.13 bits per heavy atom. The van der Waals surface area contributed by atoms with Crippen molar-refractivity contribution in [2.45, 2.75) is 25.5 Å². The normalized spacial score (nSPS) is 10.9. The van der Waals surface area contributed by atoms with Gasteiger partial charge < -0.3 is 18.9 Å². The number of hydrogen-bond donors (Lipinski definition) is 1. The molecule has 0 fully saturated rings. The van der Waals surface area contributed by atoms with E-state index in [0.29, 0.717) is 29.8 Å². The lowest BCUT2D eigenvalue weighted by Crippen LogP contribution is -2.14. The highest BCUT2D eigenvalue weighted by Gasteiger charge is 2.19. The van der Waals surface area contributed by atoms with Gasteiger partial charge in [0.15, 0.2) is 11.0 Å². The van der Waals surface area contributed by atoms with E-state index < -0.39 is 0 Å². The van der Waals surface area contributed by atoms with Gasteiger partial charge in [-0.05, 0) is 56.3 Å². The number of thioether (sulfide) groups is 1. The van der Waals surface area contributed by atoms with Gasteiger partial charge in [0.05, 0.1) is 37.0 Å². The van der Waals surface area contributed by atoms with Crippen LogP contribution in [0.4, 0.5) is 5.69 Å². The number of ether oxygens (including phenoxy) is 1. The maximum Gasteiger partial charge on any atom is 0.234 e. The van der Waals surface area contributed by atoms with Crippen LogP contribution in [0.15, 0.2) is 69.0 Å². The highest BCUT2D eigenvalue weighted by Crippen LogP contribution is 2.28. The van der Waals surface area contributed by atoms with Gasteiger partial charge in [-0.15, -0.1) is 10.2 Å². The Hall–Kier alpha value is -3.46. The maximum absolute atomic E-state index is 12.5. The third-order valence-corrected chi connectivity index (χ3v) is 5.46. The number of hydrogen-bond acceptors (Lipinski definition) is 7. The van der Waals surface area contributed by atoms with E-state index in [9.17, 15) is 4.79 Å². The first-order valence-corrected chi connectivity index (χ1v) is 10.8. The number of rotatable bonds is 9. The number of amides is 1. The van der Waals surface area contributed by atoms with E-state index in [1.165, 1.54) is 11.8 Å². The van der Waals surface area contributed by atoms with Crippen molar-refractivity contribution >= 4 is 23.4 Å². The minimum Gasteiger partial charge on any atom is -0.494 e. The van der Waals surface area contributed by atoms with E-state index in [1.807, 2.05) is 60.9 Å². The molecular formula is C22H22N4O4S. The molecule has 4 aromatic rings. The summed E-state index contributed by atoms with van der Waals surface area (Å²) in [6.45, 7) is 4.85. The van der Waals surface area contributed by atoms with Gasteiger partial charge in [-0.25, -0.2) is 0 Å². The standard InChI is InChI=1S/C22H22N4O4S/c1-3-28-17-8-6-16(7-9-17)23-20(27)14-31-22-25-24-21(19-10-12-29-15(19)2)26(22)13-18-5-4-11-30-18/h4-12H,3,13-14H2,1-2H3,(H,23,27). The number of furan rings is 2. The summed E-state index contributed by atoms with van der Waals surface area (Å²) in [6, 6.07) is 12.8. The van der Waals surface area contributed by atoms with Crippen LogP contribution in [0, 0.1) is 6.92 Å². The number of benzene rings is 1. The fourth-order valence-electron chi connectivity index (χ4n) is 3.04. The summed E-state index contributed by atoms with van der Waals surface area (Å²) in [6.07, 6.45) is 3.24. The van der Waals surface area contributed by atoms with E-state index in [1.54, 1.807) is 12.5 Å². The zero-order valence-corrected chi connectivity index (χ0v) is 18.0. The Kier molecular flexibility index (Phi) is 6.42. The number of anilines is 1. The number of nitrogens with one attached hydrogen (secondary N) is 1. The molecule has 8 nitrogen and oxygen atoms in total. The van der Waals surface area contributed by atoms with Crippen molar-refractivity contribution in [1.82, 2.24) is 14.8 Å². The maximum atomic E-state index is 12.5. The van der Waals surface area contributed by atoms with E-state index in [2.05, 4.69) is 15.5 Å². The van der Waals surface area contributed by atoms with Gasteiger partial charge in [-0.3, -0.25) is 9.36 Å². The van der Waals surface area contributed by atoms with Crippen LogP contribution in [0.3, 0.4) is 0 Å². The quantitative estimate of drug-likeness (QED) is 0.381. The third kappa shape index (κ3) is 5.00. The monoisotopic (exact) mass is 438 g/mol. The molecular weight excluding hydrogens is 416 g/mol. The lowest BCUT2D eigenvalue weighted by Gasteiger charge is -2.09. The minimum atomic E-state index is -0.136. The zero-order chi connectivity index (χ0) is 21.6. The van der Waals surface area contributed by atoms with Gasteiger partial charge in [-0.2, -0.15) is 0 Å². The predicted octanol–water partition coefficient (Wildman–Crippen LogP) is 4.62. The van der Waals surface area contributed by atoms with E-state index in [-0.39, 0.29) is 11.7 Å². The smallest absolute Gasteiger partial charge is 0.234 e. The molecule has 0 aliphatic heterocycles. The van der Waals surface area contributed by atoms with Gasteiger partial charge in [0.2, 0.25) is 5.91 Å². The molecule has 0 atom stereocenters. The molecule has 4 rings (SSSR count). The minimum absolute atomic E-state index is 0.136. The highest BCUT2D eigenvalue weighted by atomic mass is 32.2. The molecule has 0 saturated heterocycles. The van der Waals surface area contributed by atoms with Crippen molar-refractivity contribution in [2.24, 2.45) is 0 Å². The average Bonchev–Trinajstić information content (AvgIpc) is 3.51. The van der Waals surface area contributed by atoms with E-state index in [0.717, 1.165) is 22.8 Å². The van der Waals surface area contributed by atoms with Crippen molar-refractivity contribution in [3.05, 3.63) is 66.5 Å². The number of carbonyl (C=O) groups is 1. The van der Waals surface area contributed by atoms with Gasteiger partial charge in [0.1, 0.15) is 17.3 Å². The van der Waals surface area contributed by atoms with Crippen molar-refractivity contribution < 1.29 is 18.4 Å². The Morgan fingerprint density at radius 3 is 2.65 bits per heavy atom. The summed E-state index contributed by atoms with van der Waals surface area (Å²) in [4.78, 5) is 12.5. The Bertz CT molecular complexity index is 1130. The topological polar surface area (TPSA) is 95.3 Å². The number of aryl methyl sites for hydroxylation is 1. The molecule has 0 bridgehead atoms. The molecule has 0 unspecified atom stereocenters. The summed E-state index contributed by atoms with van der Waals surface area (Å²) in [5.74, 6) is 3.00. The van der Waals surface area contributed by atoms with Gasteiger partial charge in [0, 0.05) is 5.69 Å². The molecule has 3 heterocycles. The molecule has 1 amide bonds. The number of carbonyl (C=O) groups excluding carboxylic acids is 1. The molecule has 3 aromatic heterocycles. The summed E-state index contributed by atoms with van der Waals surface area (Å²) in [5.41, 5.74) is 1.56. The molecule has 0 aliphatic carbocycles. The van der Waals surface area contributed by atoms with Crippen LogP contribution in [-0.4, -0.2) is 33.0 Å². The largest absolute Gasteiger partial charge is 0.494 e. The van der Waals surface area contributed by atoms with Gasteiger partial charge in [-0.1, -0.05) is 11.8 Å². The average molecular weight is 439 g/mol. The molecule has 160 valence electrons. The van der Waals surface area contributed by atoms with Crippen LogP contribution in [0.25, 0.3) is 11.4 Å². The SMILES string of the molecule is CCOc1ccc(NC(=O)CSc2nnc(-c3ccoc3C)n2Cc2ccco2)cc1. The van der Waals surface area contributed by atoms with Crippen LogP contribution >= 0.6 is 11.8 Å². The molecule has 31 heavy (non-hydrogen) atoms. The van der Waals surface area contributed by atoms with E-state index >= 15 is 0 Å². The molecule has 0 aliphatic rings. The highest BCUT2D eigenvalue weighted by molar-refractivity contribution is 7.99. The van der Waals surface area contributed by atoms with Crippen molar-refractivity contribution in [2.75, 3.05) is 17.7 Å². The molecule has 1 N–H and O–H groups in total.